The van der Waals surface area contributed by atoms with Crippen LogP contribution in [0.2, 0.25) is 0 Å². The molecule has 190 valence electrons. The first-order valence-corrected chi connectivity index (χ1v) is 11.7. The van der Waals surface area contributed by atoms with Crippen LogP contribution in [0.25, 0.3) is 10.8 Å². The van der Waals surface area contributed by atoms with Gasteiger partial charge in [-0.2, -0.15) is 0 Å². The summed E-state index contributed by atoms with van der Waals surface area (Å²) in [5.74, 6) is -1.22. The monoisotopic (exact) mass is 485 g/mol. The van der Waals surface area contributed by atoms with Crippen LogP contribution < -0.4 is 10.1 Å². The lowest BCUT2D eigenvalue weighted by atomic mass is 9.85. The number of carbonyl (C=O) groups excluding carboxylic acids is 2. The minimum Gasteiger partial charge on any atom is -0.480 e. The van der Waals surface area contributed by atoms with Crippen LogP contribution in [-0.2, 0) is 14.3 Å². The minimum atomic E-state index is -1.13. The zero-order chi connectivity index (χ0) is 26.1. The maximum absolute atomic E-state index is 13.6. The molecule has 2 amide bonds. The number of ether oxygens (including phenoxy) is 2. The predicted octanol–water partition coefficient (Wildman–Crippen LogP) is 3.92. The molecule has 1 aromatic carbocycles. The number of rotatable bonds is 5. The number of nitrogens with one attached hydrogen (secondary N) is 1. The highest BCUT2D eigenvalue weighted by Crippen LogP contribution is 2.31. The number of nitrogens with zero attached hydrogens (tertiary/aromatic N) is 2. The zero-order valence-corrected chi connectivity index (χ0v) is 21.4. The normalized spacial score (nSPS) is 19.3. The van der Waals surface area contributed by atoms with Gasteiger partial charge in [0.05, 0.1) is 6.54 Å². The molecule has 35 heavy (non-hydrogen) atoms. The van der Waals surface area contributed by atoms with Crippen molar-refractivity contribution in [2.75, 3.05) is 6.54 Å². The Morgan fingerprint density at radius 3 is 2.40 bits per heavy atom. The van der Waals surface area contributed by atoms with E-state index in [0.717, 1.165) is 16.5 Å². The van der Waals surface area contributed by atoms with E-state index in [4.69, 9.17) is 9.47 Å². The van der Waals surface area contributed by atoms with E-state index >= 15 is 0 Å². The molecule has 9 heteroatoms. The number of aryl methyl sites for hydroxylation is 1. The Labute approximate surface area is 205 Å². The summed E-state index contributed by atoms with van der Waals surface area (Å²) in [6, 6.07) is 7.52. The summed E-state index contributed by atoms with van der Waals surface area (Å²) in [6.07, 6.45) is -1.20. The summed E-state index contributed by atoms with van der Waals surface area (Å²) in [7, 11) is 0. The molecule has 9 nitrogen and oxygen atoms in total. The van der Waals surface area contributed by atoms with E-state index in [0.29, 0.717) is 5.88 Å². The molecular formula is C26H35N3O6. The average Bonchev–Trinajstić information content (AvgIpc) is 3.13. The van der Waals surface area contributed by atoms with Gasteiger partial charge >= 0.3 is 12.1 Å². The number of amides is 2. The Balaban J connectivity index is 1.85. The number of carboxylic acids is 1. The van der Waals surface area contributed by atoms with Gasteiger partial charge in [0.1, 0.15) is 23.8 Å². The van der Waals surface area contributed by atoms with Gasteiger partial charge in [-0.3, -0.25) is 4.79 Å². The first kappa shape index (κ1) is 26.2. The van der Waals surface area contributed by atoms with Crippen molar-refractivity contribution in [2.45, 2.75) is 78.7 Å². The van der Waals surface area contributed by atoms with Crippen molar-refractivity contribution in [1.29, 1.82) is 0 Å². The predicted molar refractivity (Wildman–Crippen MR) is 131 cm³/mol. The Bertz CT molecular complexity index is 1120. The average molecular weight is 486 g/mol. The van der Waals surface area contributed by atoms with Gasteiger partial charge in [0, 0.05) is 17.5 Å². The Morgan fingerprint density at radius 1 is 1.14 bits per heavy atom. The zero-order valence-electron chi connectivity index (χ0n) is 21.4. The van der Waals surface area contributed by atoms with E-state index in [1.54, 1.807) is 41.5 Å². The van der Waals surface area contributed by atoms with Gasteiger partial charge in [-0.15, -0.1) is 0 Å². The van der Waals surface area contributed by atoms with E-state index in [-0.39, 0.29) is 13.0 Å². The fourth-order valence-corrected chi connectivity index (χ4v) is 4.14. The van der Waals surface area contributed by atoms with Crippen molar-refractivity contribution < 1.29 is 29.0 Å². The molecule has 2 aromatic rings. The molecule has 3 rings (SSSR count). The molecule has 1 fully saturated rings. The number of hydrogen-bond acceptors (Lipinski definition) is 6. The summed E-state index contributed by atoms with van der Waals surface area (Å²) in [4.78, 5) is 43.9. The number of likely N-dealkylation sites (tertiary alicyclic amines) is 1. The molecular weight excluding hydrogens is 450 g/mol. The molecule has 1 aliphatic heterocycles. The third kappa shape index (κ3) is 6.41. The van der Waals surface area contributed by atoms with E-state index < -0.39 is 47.2 Å². The quantitative estimate of drug-likeness (QED) is 0.659. The number of alkyl carbamates (subject to hydrolysis) is 1. The molecule has 0 bridgehead atoms. The highest BCUT2D eigenvalue weighted by atomic mass is 16.6. The number of carbonyl (C=O) groups is 3. The SMILES string of the molecule is Cc1cc2ccccc2c(OC2CC(C(=O)O)N(C(=O)C(NC(=O)OC(C)(C)C)C(C)(C)C)C2)n1. The second kappa shape index (κ2) is 9.71. The lowest BCUT2D eigenvalue weighted by molar-refractivity contribution is -0.150. The van der Waals surface area contributed by atoms with Crippen LogP contribution >= 0.6 is 0 Å². The van der Waals surface area contributed by atoms with Crippen LogP contribution in [-0.4, -0.2) is 63.3 Å². The molecule has 1 saturated heterocycles. The maximum Gasteiger partial charge on any atom is 0.408 e. The standard InChI is InChI=1S/C26H35N3O6/c1-15-12-16-10-8-9-11-18(16)21(27-15)34-17-13-19(23(31)32)29(14-17)22(30)20(25(2,3)4)28-24(33)35-26(5,6)7/h8-12,17,19-20H,13-14H2,1-7H3,(H,28,33)(H,31,32). The van der Waals surface area contributed by atoms with Crippen LogP contribution in [0.3, 0.4) is 0 Å². The Kier molecular flexibility index (Phi) is 7.29. The molecule has 2 heterocycles. The second-order valence-corrected chi connectivity index (χ2v) is 11.1. The van der Waals surface area contributed by atoms with Crippen molar-refractivity contribution >= 4 is 28.7 Å². The third-order valence-corrected chi connectivity index (χ3v) is 5.72. The highest BCUT2D eigenvalue weighted by molar-refractivity contribution is 5.91. The van der Waals surface area contributed by atoms with Gasteiger partial charge in [-0.25, -0.2) is 14.6 Å². The Hall–Kier alpha value is -3.36. The number of aromatic nitrogens is 1. The lowest BCUT2D eigenvalue weighted by Crippen LogP contribution is -2.57. The highest BCUT2D eigenvalue weighted by Gasteiger charge is 2.46. The van der Waals surface area contributed by atoms with Crippen LogP contribution in [0.1, 0.15) is 53.7 Å². The number of aliphatic carboxylic acids is 1. The van der Waals surface area contributed by atoms with Gasteiger partial charge < -0.3 is 24.8 Å². The number of hydrogen-bond donors (Lipinski definition) is 2. The molecule has 3 atom stereocenters. The van der Waals surface area contributed by atoms with Gasteiger partial charge in [0.2, 0.25) is 11.8 Å². The molecule has 1 aromatic heterocycles. The van der Waals surface area contributed by atoms with Crippen molar-refractivity contribution in [3.05, 3.63) is 36.0 Å². The molecule has 0 aliphatic carbocycles. The van der Waals surface area contributed by atoms with Gasteiger partial charge in [-0.1, -0.05) is 39.0 Å². The number of benzene rings is 1. The third-order valence-electron chi connectivity index (χ3n) is 5.72. The first-order chi connectivity index (χ1) is 16.2. The van der Waals surface area contributed by atoms with Crippen molar-refractivity contribution in [1.82, 2.24) is 15.2 Å². The number of fused-ring (bicyclic) bond motifs is 1. The summed E-state index contributed by atoms with van der Waals surface area (Å²) < 4.78 is 11.5. The van der Waals surface area contributed by atoms with Gasteiger partial charge in [-0.05, 0) is 50.6 Å². The van der Waals surface area contributed by atoms with E-state index in [1.165, 1.54) is 4.90 Å². The summed E-state index contributed by atoms with van der Waals surface area (Å²) in [5, 5.41) is 14.3. The van der Waals surface area contributed by atoms with Crippen LogP contribution in [0.15, 0.2) is 30.3 Å². The Morgan fingerprint density at radius 2 is 1.80 bits per heavy atom. The molecule has 0 radical (unpaired) electrons. The van der Waals surface area contributed by atoms with Crippen LogP contribution in [0, 0.1) is 12.3 Å². The maximum atomic E-state index is 13.6. The van der Waals surface area contributed by atoms with Crippen LogP contribution in [0.5, 0.6) is 5.88 Å². The molecule has 1 aliphatic rings. The van der Waals surface area contributed by atoms with Crippen LogP contribution in [0.4, 0.5) is 4.79 Å². The lowest BCUT2D eigenvalue weighted by Gasteiger charge is -2.35. The fourth-order valence-electron chi connectivity index (χ4n) is 4.14. The second-order valence-electron chi connectivity index (χ2n) is 11.1. The van der Waals surface area contributed by atoms with Crippen molar-refractivity contribution in [3.63, 3.8) is 0 Å². The summed E-state index contributed by atoms with van der Waals surface area (Å²) in [6.45, 7) is 12.5. The number of carboxylic acid groups (broad SMARTS) is 1. The van der Waals surface area contributed by atoms with E-state index in [2.05, 4.69) is 10.3 Å². The van der Waals surface area contributed by atoms with Crippen molar-refractivity contribution in [3.8, 4) is 5.88 Å². The summed E-state index contributed by atoms with van der Waals surface area (Å²) in [5.41, 5.74) is -0.659. The fraction of sp³-hybridized carbons (Fsp3) is 0.538. The summed E-state index contributed by atoms with van der Waals surface area (Å²) >= 11 is 0. The largest absolute Gasteiger partial charge is 0.480 e. The molecule has 2 N–H and O–H groups in total. The topological polar surface area (TPSA) is 118 Å². The minimum absolute atomic E-state index is 0.0579. The van der Waals surface area contributed by atoms with Gasteiger partial charge in [0.15, 0.2) is 0 Å². The van der Waals surface area contributed by atoms with E-state index in [9.17, 15) is 19.5 Å². The smallest absolute Gasteiger partial charge is 0.408 e. The molecule has 0 saturated carbocycles. The molecule has 0 spiro atoms. The van der Waals surface area contributed by atoms with Crippen molar-refractivity contribution in [2.24, 2.45) is 5.41 Å². The number of pyridine rings is 1. The van der Waals surface area contributed by atoms with Gasteiger partial charge in [0.25, 0.3) is 0 Å². The first-order valence-electron chi connectivity index (χ1n) is 11.7. The molecule has 3 unspecified atom stereocenters. The van der Waals surface area contributed by atoms with E-state index in [1.807, 2.05) is 37.3 Å².